The number of nitrogens with two attached hydrogens (primary N) is 1. The molecule has 0 saturated carbocycles. The van der Waals surface area contributed by atoms with Crippen molar-refractivity contribution in [3.63, 3.8) is 0 Å². The van der Waals surface area contributed by atoms with Gasteiger partial charge in [-0.3, -0.25) is 4.79 Å². The lowest BCUT2D eigenvalue weighted by Gasteiger charge is -2.10. The van der Waals surface area contributed by atoms with Gasteiger partial charge in [0.15, 0.2) is 0 Å². The average molecular weight is 300 g/mol. The number of carbonyl (C=O) groups excluding carboxylic acids is 1. The zero-order valence-electron chi connectivity index (χ0n) is 12.8. The molecule has 2 rings (SSSR count). The minimum Gasteiger partial charge on any atom is -0.497 e. The lowest BCUT2D eigenvalue weighted by Crippen LogP contribution is -2.16. The first-order valence-electron chi connectivity index (χ1n) is 7.01. The molecule has 0 unspecified atom stereocenters. The van der Waals surface area contributed by atoms with Gasteiger partial charge in [-0.2, -0.15) is 0 Å². The molecule has 5 heteroatoms. The molecule has 0 fully saturated rings. The summed E-state index contributed by atoms with van der Waals surface area (Å²) >= 11 is 0. The molecule has 2 aromatic carbocycles. The van der Waals surface area contributed by atoms with E-state index in [1.807, 2.05) is 31.2 Å². The van der Waals surface area contributed by atoms with Crippen molar-refractivity contribution in [3.05, 3.63) is 48.0 Å². The van der Waals surface area contributed by atoms with Gasteiger partial charge in [0.2, 0.25) is 5.91 Å². The number of rotatable bonds is 6. The van der Waals surface area contributed by atoms with E-state index < -0.39 is 0 Å². The van der Waals surface area contributed by atoms with Crippen molar-refractivity contribution in [2.45, 2.75) is 13.3 Å². The lowest BCUT2D eigenvalue weighted by molar-refractivity contribution is -0.116. The molecule has 5 nitrogen and oxygen atoms in total. The summed E-state index contributed by atoms with van der Waals surface area (Å²) in [7, 11) is 1.60. The molecule has 0 aliphatic heterocycles. The van der Waals surface area contributed by atoms with Crippen LogP contribution in [-0.2, 0) is 4.79 Å². The summed E-state index contributed by atoms with van der Waals surface area (Å²) < 4.78 is 10.7. The van der Waals surface area contributed by atoms with E-state index in [4.69, 9.17) is 15.2 Å². The Hall–Kier alpha value is -2.69. The molecule has 0 saturated heterocycles. The third-order valence-corrected chi connectivity index (χ3v) is 3.17. The highest BCUT2D eigenvalue weighted by Crippen LogP contribution is 2.20. The van der Waals surface area contributed by atoms with Crippen molar-refractivity contribution in [1.82, 2.24) is 0 Å². The summed E-state index contributed by atoms with van der Waals surface area (Å²) in [5.41, 5.74) is 8.03. The van der Waals surface area contributed by atoms with Crippen molar-refractivity contribution in [1.29, 1.82) is 0 Å². The van der Waals surface area contributed by atoms with Crippen molar-refractivity contribution < 1.29 is 14.3 Å². The highest BCUT2D eigenvalue weighted by molar-refractivity contribution is 5.92. The Morgan fingerprint density at radius 1 is 1.18 bits per heavy atom. The average Bonchev–Trinajstić information content (AvgIpc) is 2.51. The summed E-state index contributed by atoms with van der Waals surface area (Å²) in [4.78, 5) is 11.9. The minimum absolute atomic E-state index is 0.114. The molecule has 0 aliphatic carbocycles. The molecule has 0 bridgehead atoms. The van der Waals surface area contributed by atoms with Gasteiger partial charge in [-0.1, -0.05) is 12.1 Å². The van der Waals surface area contributed by atoms with Crippen LogP contribution in [0.5, 0.6) is 11.5 Å². The van der Waals surface area contributed by atoms with Gasteiger partial charge in [-0.15, -0.1) is 0 Å². The number of benzene rings is 2. The number of methoxy groups -OCH3 is 1. The summed E-state index contributed by atoms with van der Waals surface area (Å²) in [6.07, 6.45) is 0.255. The van der Waals surface area contributed by atoms with Crippen LogP contribution in [-0.4, -0.2) is 19.6 Å². The third-order valence-electron chi connectivity index (χ3n) is 3.17. The van der Waals surface area contributed by atoms with Gasteiger partial charge in [-0.05, 0) is 36.8 Å². The number of nitrogen functional groups attached to an aromatic ring is 1. The number of hydrogen-bond acceptors (Lipinski definition) is 4. The van der Waals surface area contributed by atoms with Crippen LogP contribution in [0.3, 0.4) is 0 Å². The zero-order valence-corrected chi connectivity index (χ0v) is 12.8. The molecule has 116 valence electrons. The second-order valence-electron chi connectivity index (χ2n) is 4.90. The molecule has 3 N–H and O–H groups in total. The largest absolute Gasteiger partial charge is 0.497 e. The number of hydrogen-bond donors (Lipinski definition) is 2. The molecular weight excluding hydrogens is 280 g/mol. The van der Waals surface area contributed by atoms with E-state index in [1.165, 1.54) is 0 Å². The first kappa shape index (κ1) is 15.7. The lowest BCUT2D eigenvalue weighted by atomic mass is 10.2. The van der Waals surface area contributed by atoms with Crippen LogP contribution in [0.2, 0.25) is 0 Å². The molecule has 2 aromatic rings. The summed E-state index contributed by atoms with van der Waals surface area (Å²) in [5, 5.41) is 2.84. The molecule has 0 aliphatic rings. The minimum atomic E-state index is -0.114. The van der Waals surface area contributed by atoms with E-state index in [0.717, 1.165) is 17.0 Å². The number of ether oxygens (including phenoxy) is 2. The van der Waals surface area contributed by atoms with E-state index in [2.05, 4.69) is 5.32 Å². The Balaban J connectivity index is 1.84. The van der Waals surface area contributed by atoms with E-state index in [1.54, 1.807) is 25.3 Å². The van der Waals surface area contributed by atoms with Crippen LogP contribution < -0.4 is 20.5 Å². The Morgan fingerprint density at radius 2 is 1.95 bits per heavy atom. The van der Waals surface area contributed by atoms with Gasteiger partial charge < -0.3 is 20.5 Å². The standard InChI is InChI=1S/C17H20N2O3/c1-12-6-7-13(18)10-16(12)19-17(20)8-9-22-15-5-3-4-14(11-15)21-2/h3-7,10-11H,8-9,18H2,1-2H3,(H,19,20). The van der Waals surface area contributed by atoms with Crippen LogP contribution >= 0.6 is 0 Å². The fourth-order valence-electron chi connectivity index (χ4n) is 1.94. The monoisotopic (exact) mass is 300 g/mol. The SMILES string of the molecule is COc1cccc(OCCC(=O)Nc2cc(N)ccc2C)c1. The predicted molar refractivity (Wildman–Crippen MR) is 87.3 cm³/mol. The van der Waals surface area contributed by atoms with Crippen LogP contribution in [0.25, 0.3) is 0 Å². The van der Waals surface area contributed by atoms with Crippen LogP contribution in [0.15, 0.2) is 42.5 Å². The van der Waals surface area contributed by atoms with E-state index >= 15 is 0 Å². The van der Waals surface area contributed by atoms with E-state index in [-0.39, 0.29) is 12.3 Å². The van der Waals surface area contributed by atoms with Crippen molar-refractivity contribution in [3.8, 4) is 11.5 Å². The second kappa shape index (κ2) is 7.36. The maximum absolute atomic E-state index is 11.9. The third kappa shape index (κ3) is 4.41. The molecule has 0 heterocycles. The van der Waals surface area contributed by atoms with Crippen molar-refractivity contribution in [2.24, 2.45) is 0 Å². The maximum atomic E-state index is 11.9. The van der Waals surface area contributed by atoms with Crippen molar-refractivity contribution in [2.75, 3.05) is 24.8 Å². The first-order valence-corrected chi connectivity index (χ1v) is 7.01. The number of anilines is 2. The van der Waals surface area contributed by atoms with Crippen LogP contribution in [0.1, 0.15) is 12.0 Å². The fraction of sp³-hybridized carbons (Fsp3) is 0.235. The molecule has 0 spiro atoms. The van der Waals surface area contributed by atoms with Gasteiger partial charge >= 0.3 is 0 Å². The Labute approximate surface area is 130 Å². The Bertz CT molecular complexity index is 656. The molecule has 22 heavy (non-hydrogen) atoms. The van der Waals surface area contributed by atoms with Gasteiger partial charge in [0, 0.05) is 17.4 Å². The summed E-state index contributed by atoms with van der Waals surface area (Å²) in [5.74, 6) is 1.28. The Morgan fingerprint density at radius 3 is 2.73 bits per heavy atom. The molecule has 0 radical (unpaired) electrons. The predicted octanol–water partition coefficient (Wildman–Crippen LogP) is 2.99. The second-order valence-corrected chi connectivity index (χ2v) is 4.90. The Kier molecular flexibility index (Phi) is 5.25. The van der Waals surface area contributed by atoms with E-state index in [9.17, 15) is 4.79 Å². The van der Waals surface area contributed by atoms with Gasteiger partial charge in [0.25, 0.3) is 0 Å². The van der Waals surface area contributed by atoms with Gasteiger partial charge in [0.05, 0.1) is 20.1 Å². The normalized spacial score (nSPS) is 10.1. The van der Waals surface area contributed by atoms with Crippen molar-refractivity contribution >= 4 is 17.3 Å². The summed E-state index contributed by atoms with van der Waals surface area (Å²) in [6.45, 7) is 2.21. The smallest absolute Gasteiger partial charge is 0.227 e. The number of amides is 1. The molecule has 0 atom stereocenters. The maximum Gasteiger partial charge on any atom is 0.227 e. The molecule has 1 amide bonds. The highest BCUT2D eigenvalue weighted by Gasteiger charge is 2.06. The number of aryl methyl sites for hydroxylation is 1. The molecular formula is C17H20N2O3. The zero-order chi connectivity index (χ0) is 15.9. The van der Waals surface area contributed by atoms with Gasteiger partial charge in [-0.25, -0.2) is 0 Å². The quantitative estimate of drug-likeness (QED) is 0.804. The van der Waals surface area contributed by atoms with Crippen LogP contribution in [0.4, 0.5) is 11.4 Å². The number of carbonyl (C=O) groups is 1. The van der Waals surface area contributed by atoms with Crippen LogP contribution in [0, 0.1) is 6.92 Å². The first-order chi connectivity index (χ1) is 10.6. The van der Waals surface area contributed by atoms with E-state index in [0.29, 0.717) is 18.0 Å². The van der Waals surface area contributed by atoms with Gasteiger partial charge in [0.1, 0.15) is 11.5 Å². The summed E-state index contributed by atoms with van der Waals surface area (Å²) in [6, 6.07) is 12.7. The highest BCUT2D eigenvalue weighted by atomic mass is 16.5. The topological polar surface area (TPSA) is 73.6 Å². The molecule has 0 aromatic heterocycles. The number of nitrogens with one attached hydrogen (secondary N) is 1. The fourth-order valence-corrected chi connectivity index (χ4v) is 1.94.